The molecule has 0 aromatic rings. The number of nitrogens with zero attached hydrogens (tertiary/aromatic N) is 1. The van der Waals surface area contributed by atoms with E-state index in [0.717, 1.165) is 6.29 Å². The average Bonchev–Trinajstić information content (AvgIpc) is 1.87. The van der Waals surface area contributed by atoms with Gasteiger partial charge in [-0.15, -0.1) is 0 Å². The lowest BCUT2D eigenvalue weighted by Crippen LogP contribution is -2.34. The molecule has 0 fully saturated rings. The Kier molecular flexibility index (Phi) is 5.16. The zero-order chi connectivity index (χ0) is 7.98. The molecule has 0 bridgehead atoms. The van der Waals surface area contributed by atoms with Gasteiger partial charge in [-0.25, -0.2) is 0 Å². The third-order valence-electron chi connectivity index (χ3n) is 1.43. The molecule has 0 aliphatic heterocycles. The van der Waals surface area contributed by atoms with Gasteiger partial charge in [-0.1, -0.05) is 0 Å². The Morgan fingerprint density at radius 1 is 1.60 bits per heavy atom. The molecular formula is C7H15NO2. The maximum atomic E-state index is 10.1. The number of hydrogen-bond acceptors (Lipinski definition) is 3. The van der Waals surface area contributed by atoms with Crippen molar-refractivity contribution in [3.63, 3.8) is 0 Å². The molecule has 0 aliphatic rings. The van der Waals surface area contributed by atoms with Crippen LogP contribution < -0.4 is 0 Å². The first kappa shape index (κ1) is 9.59. The molecule has 0 amide bonds. The van der Waals surface area contributed by atoms with Gasteiger partial charge in [0.25, 0.3) is 0 Å². The van der Waals surface area contributed by atoms with Crippen molar-refractivity contribution >= 4 is 6.29 Å². The van der Waals surface area contributed by atoms with Crippen LogP contribution in [0.25, 0.3) is 0 Å². The minimum absolute atomic E-state index is 0.117. The van der Waals surface area contributed by atoms with Crippen LogP contribution in [0.3, 0.4) is 0 Å². The van der Waals surface area contributed by atoms with Crippen LogP contribution in [0.2, 0.25) is 0 Å². The summed E-state index contributed by atoms with van der Waals surface area (Å²) in [5.41, 5.74) is 0. The maximum Gasteiger partial charge on any atom is 0.133 e. The van der Waals surface area contributed by atoms with E-state index in [-0.39, 0.29) is 6.61 Å². The molecule has 3 nitrogen and oxygen atoms in total. The van der Waals surface area contributed by atoms with E-state index in [4.69, 9.17) is 5.11 Å². The fourth-order valence-electron chi connectivity index (χ4n) is 0.784. The molecule has 0 heterocycles. The summed E-state index contributed by atoms with van der Waals surface area (Å²) in [4.78, 5) is 12.0. The third kappa shape index (κ3) is 3.58. The van der Waals surface area contributed by atoms with Crippen LogP contribution in [-0.2, 0) is 4.79 Å². The van der Waals surface area contributed by atoms with Crippen LogP contribution in [0.1, 0.15) is 13.8 Å². The van der Waals surface area contributed by atoms with Crippen molar-refractivity contribution in [3.05, 3.63) is 0 Å². The van der Waals surface area contributed by atoms with E-state index in [1.807, 2.05) is 18.7 Å². The standard InChI is InChI=1S/C7H15NO2/c1-7(2)8(3-5-9)4-6-10/h5,7,10H,3-4,6H2,1-2H3. The van der Waals surface area contributed by atoms with Crippen LogP contribution in [0, 0.1) is 0 Å². The monoisotopic (exact) mass is 145 g/mol. The van der Waals surface area contributed by atoms with Gasteiger partial charge in [-0.05, 0) is 13.8 Å². The van der Waals surface area contributed by atoms with Gasteiger partial charge in [0.05, 0.1) is 13.2 Å². The van der Waals surface area contributed by atoms with E-state index < -0.39 is 0 Å². The summed E-state index contributed by atoms with van der Waals surface area (Å²) in [7, 11) is 0. The molecule has 0 saturated heterocycles. The third-order valence-corrected chi connectivity index (χ3v) is 1.43. The number of hydrogen-bond donors (Lipinski definition) is 1. The number of carbonyl (C=O) groups is 1. The molecule has 0 spiro atoms. The Hall–Kier alpha value is -0.410. The van der Waals surface area contributed by atoms with E-state index in [1.54, 1.807) is 0 Å². The highest BCUT2D eigenvalue weighted by Crippen LogP contribution is 1.93. The molecule has 0 unspecified atom stereocenters. The van der Waals surface area contributed by atoms with E-state index in [9.17, 15) is 4.79 Å². The molecule has 0 aliphatic carbocycles. The molecular weight excluding hydrogens is 130 g/mol. The summed E-state index contributed by atoms with van der Waals surface area (Å²) in [5.74, 6) is 0. The molecule has 3 heteroatoms. The summed E-state index contributed by atoms with van der Waals surface area (Å²) in [6.07, 6.45) is 0.857. The van der Waals surface area contributed by atoms with E-state index >= 15 is 0 Å². The minimum Gasteiger partial charge on any atom is -0.395 e. The Labute approximate surface area is 61.6 Å². The maximum absolute atomic E-state index is 10.1. The fraction of sp³-hybridized carbons (Fsp3) is 0.857. The lowest BCUT2D eigenvalue weighted by Gasteiger charge is -2.22. The van der Waals surface area contributed by atoms with Crippen LogP contribution in [0.15, 0.2) is 0 Å². The highest BCUT2D eigenvalue weighted by atomic mass is 16.3. The predicted octanol–water partition coefficient (Wildman–Crippen LogP) is -0.112. The predicted molar refractivity (Wildman–Crippen MR) is 39.9 cm³/mol. The summed E-state index contributed by atoms with van der Waals surface area (Å²) in [6, 6.07) is 0.331. The smallest absolute Gasteiger partial charge is 0.133 e. The zero-order valence-electron chi connectivity index (χ0n) is 6.58. The van der Waals surface area contributed by atoms with Gasteiger partial charge in [-0.3, -0.25) is 4.90 Å². The van der Waals surface area contributed by atoms with Gasteiger partial charge in [0.2, 0.25) is 0 Å². The fourth-order valence-corrected chi connectivity index (χ4v) is 0.784. The molecule has 0 aromatic carbocycles. The highest BCUT2D eigenvalue weighted by Gasteiger charge is 2.05. The number of carbonyl (C=O) groups excluding carboxylic acids is 1. The van der Waals surface area contributed by atoms with Gasteiger partial charge in [0.1, 0.15) is 6.29 Å². The van der Waals surface area contributed by atoms with Crippen molar-refractivity contribution in [3.8, 4) is 0 Å². The molecule has 1 N–H and O–H groups in total. The Morgan fingerprint density at radius 2 is 2.20 bits per heavy atom. The van der Waals surface area contributed by atoms with E-state index in [0.29, 0.717) is 19.1 Å². The Balaban J connectivity index is 3.60. The molecule has 10 heavy (non-hydrogen) atoms. The summed E-state index contributed by atoms with van der Waals surface area (Å²) in [5, 5.41) is 8.55. The van der Waals surface area contributed by atoms with E-state index in [1.165, 1.54) is 0 Å². The van der Waals surface area contributed by atoms with Crippen molar-refractivity contribution in [1.82, 2.24) is 4.90 Å². The van der Waals surface area contributed by atoms with Gasteiger partial charge in [-0.2, -0.15) is 0 Å². The van der Waals surface area contributed by atoms with Crippen LogP contribution in [0.5, 0.6) is 0 Å². The topological polar surface area (TPSA) is 40.5 Å². The highest BCUT2D eigenvalue weighted by molar-refractivity contribution is 5.52. The minimum atomic E-state index is 0.117. The van der Waals surface area contributed by atoms with Gasteiger partial charge in [0, 0.05) is 12.6 Å². The van der Waals surface area contributed by atoms with Crippen LogP contribution in [-0.4, -0.2) is 42.0 Å². The quantitative estimate of drug-likeness (QED) is 0.549. The Bertz CT molecular complexity index is 93.6. The molecule has 60 valence electrons. The second-order valence-electron chi connectivity index (χ2n) is 2.48. The number of aliphatic hydroxyl groups is 1. The lowest BCUT2D eigenvalue weighted by atomic mass is 10.3. The van der Waals surface area contributed by atoms with Gasteiger partial charge in [0.15, 0.2) is 0 Å². The normalized spacial score (nSPS) is 10.9. The molecule has 0 atom stereocenters. The second kappa shape index (κ2) is 5.38. The van der Waals surface area contributed by atoms with Crippen molar-refractivity contribution in [2.45, 2.75) is 19.9 Å². The number of rotatable bonds is 5. The van der Waals surface area contributed by atoms with E-state index in [2.05, 4.69) is 0 Å². The summed E-state index contributed by atoms with van der Waals surface area (Å²) < 4.78 is 0. The largest absolute Gasteiger partial charge is 0.395 e. The van der Waals surface area contributed by atoms with Crippen LogP contribution in [0.4, 0.5) is 0 Å². The van der Waals surface area contributed by atoms with Gasteiger partial charge >= 0.3 is 0 Å². The molecule has 0 aromatic heterocycles. The van der Waals surface area contributed by atoms with Crippen molar-refractivity contribution in [2.75, 3.05) is 19.7 Å². The van der Waals surface area contributed by atoms with Crippen molar-refractivity contribution in [1.29, 1.82) is 0 Å². The first-order chi connectivity index (χ1) is 4.72. The zero-order valence-corrected chi connectivity index (χ0v) is 6.58. The van der Waals surface area contributed by atoms with Gasteiger partial charge < -0.3 is 9.90 Å². The first-order valence-corrected chi connectivity index (χ1v) is 3.51. The second-order valence-corrected chi connectivity index (χ2v) is 2.48. The molecule has 0 saturated carbocycles. The molecule has 0 rings (SSSR count). The average molecular weight is 145 g/mol. The first-order valence-electron chi connectivity index (χ1n) is 3.51. The number of aliphatic hydroxyl groups excluding tert-OH is 1. The van der Waals surface area contributed by atoms with Crippen molar-refractivity contribution in [2.24, 2.45) is 0 Å². The van der Waals surface area contributed by atoms with Crippen molar-refractivity contribution < 1.29 is 9.90 Å². The summed E-state index contributed by atoms with van der Waals surface area (Å²) >= 11 is 0. The summed E-state index contributed by atoms with van der Waals surface area (Å²) in [6.45, 7) is 5.11. The lowest BCUT2D eigenvalue weighted by molar-refractivity contribution is -0.109. The number of aldehydes is 1. The Morgan fingerprint density at radius 3 is 2.50 bits per heavy atom. The SMILES string of the molecule is CC(C)N(CC=O)CCO. The molecule has 0 radical (unpaired) electrons. The van der Waals surface area contributed by atoms with Crippen LogP contribution >= 0.6 is 0 Å².